The molecule has 1 saturated heterocycles. The number of carbonyl (C=O) groups excluding carboxylic acids is 1. The third-order valence-corrected chi connectivity index (χ3v) is 3.00. The minimum atomic E-state index is -0.290. The van der Waals surface area contributed by atoms with Crippen LogP contribution in [0, 0.1) is 11.7 Å². The minimum absolute atomic E-state index is 0.0556. The van der Waals surface area contributed by atoms with Crippen molar-refractivity contribution in [2.24, 2.45) is 5.92 Å². The molecule has 0 aromatic heterocycles. The molecule has 1 aromatic carbocycles. The number of carbonyl (C=O) groups is 1. The fraction of sp³-hybridized carbons (Fsp3) is 0.462. The van der Waals surface area contributed by atoms with Gasteiger partial charge in [0.2, 0.25) is 5.91 Å². The number of amides is 1. The zero-order valence-corrected chi connectivity index (χ0v) is 9.86. The van der Waals surface area contributed by atoms with Gasteiger partial charge in [-0.05, 0) is 37.6 Å². The maximum atomic E-state index is 12.8. The van der Waals surface area contributed by atoms with Gasteiger partial charge in [-0.15, -0.1) is 0 Å². The molecule has 0 N–H and O–H groups in total. The van der Waals surface area contributed by atoms with Crippen molar-refractivity contribution in [2.45, 2.75) is 13.3 Å². The molecule has 1 aromatic rings. The summed E-state index contributed by atoms with van der Waals surface area (Å²) < 4.78 is 18.1. The number of halogens is 1. The Kier molecular flexibility index (Phi) is 3.74. The van der Waals surface area contributed by atoms with Gasteiger partial charge in [0.25, 0.3) is 0 Å². The Morgan fingerprint density at radius 1 is 1.47 bits per heavy atom. The summed E-state index contributed by atoms with van der Waals surface area (Å²) in [5.74, 6) is -0.280. The van der Waals surface area contributed by atoms with Gasteiger partial charge in [-0.3, -0.25) is 4.79 Å². The van der Waals surface area contributed by atoms with E-state index in [2.05, 4.69) is 0 Å². The number of ether oxygens (including phenoxy) is 1. The molecular weight excluding hydrogens is 221 g/mol. The van der Waals surface area contributed by atoms with E-state index in [1.807, 2.05) is 6.92 Å². The van der Waals surface area contributed by atoms with Crippen LogP contribution in [0.3, 0.4) is 0 Å². The summed E-state index contributed by atoms with van der Waals surface area (Å²) in [5.41, 5.74) is 0.741. The first kappa shape index (κ1) is 12.0. The van der Waals surface area contributed by atoms with Crippen LogP contribution in [0.15, 0.2) is 24.3 Å². The fourth-order valence-electron chi connectivity index (χ4n) is 2.04. The molecule has 1 atom stereocenters. The topological polar surface area (TPSA) is 29.5 Å². The zero-order chi connectivity index (χ0) is 12.3. The van der Waals surface area contributed by atoms with Gasteiger partial charge in [-0.2, -0.15) is 0 Å². The highest BCUT2D eigenvalue weighted by Gasteiger charge is 2.27. The van der Waals surface area contributed by atoms with Crippen LogP contribution in [0.1, 0.15) is 13.3 Å². The van der Waals surface area contributed by atoms with Crippen LogP contribution in [0.25, 0.3) is 0 Å². The Balaban J connectivity index is 2.14. The molecule has 4 heteroatoms. The molecule has 1 unspecified atom stereocenters. The molecule has 0 radical (unpaired) electrons. The zero-order valence-electron chi connectivity index (χ0n) is 9.86. The van der Waals surface area contributed by atoms with E-state index in [4.69, 9.17) is 4.74 Å². The molecule has 17 heavy (non-hydrogen) atoms. The number of benzene rings is 1. The first-order valence-corrected chi connectivity index (χ1v) is 5.87. The lowest BCUT2D eigenvalue weighted by Gasteiger charge is -2.23. The van der Waals surface area contributed by atoms with Gasteiger partial charge in [0, 0.05) is 18.8 Å². The van der Waals surface area contributed by atoms with Gasteiger partial charge in [0.15, 0.2) is 0 Å². The standard InChI is InChI=1S/C13H16FNO2/c1-2-15(12-5-3-11(14)4-6-12)13(16)10-7-8-17-9-10/h3-6,10H,2,7-9H2,1H3. The molecule has 0 saturated carbocycles. The van der Waals surface area contributed by atoms with E-state index in [1.54, 1.807) is 17.0 Å². The van der Waals surface area contributed by atoms with E-state index in [-0.39, 0.29) is 17.6 Å². The number of hydrogen-bond donors (Lipinski definition) is 0. The second kappa shape index (κ2) is 5.27. The molecule has 0 bridgehead atoms. The first-order chi connectivity index (χ1) is 8.22. The molecule has 0 aliphatic carbocycles. The minimum Gasteiger partial charge on any atom is -0.381 e. The molecule has 1 amide bonds. The highest BCUT2D eigenvalue weighted by atomic mass is 19.1. The van der Waals surface area contributed by atoms with Crippen molar-refractivity contribution in [3.63, 3.8) is 0 Å². The third kappa shape index (κ3) is 2.64. The van der Waals surface area contributed by atoms with Crippen LogP contribution < -0.4 is 4.90 Å². The Bertz CT molecular complexity index is 385. The summed E-state index contributed by atoms with van der Waals surface area (Å²) in [6.45, 7) is 3.64. The molecular formula is C13H16FNO2. The van der Waals surface area contributed by atoms with Gasteiger partial charge in [0.1, 0.15) is 5.82 Å². The van der Waals surface area contributed by atoms with Crippen LogP contribution in [-0.4, -0.2) is 25.7 Å². The van der Waals surface area contributed by atoms with Crippen molar-refractivity contribution in [1.29, 1.82) is 0 Å². The molecule has 1 aliphatic heterocycles. The Labute approximate surface area is 100 Å². The molecule has 1 fully saturated rings. The molecule has 92 valence electrons. The molecule has 1 heterocycles. The van der Waals surface area contributed by atoms with E-state index in [1.165, 1.54) is 12.1 Å². The Morgan fingerprint density at radius 3 is 2.71 bits per heavy atom. The number of hydrogen-bond acceptors (Lipinski definition) is 2. The number of anilines is 1. The van der Waals surface area contributed by atoms with E-state index in [0.717, 1.165) is 12.1 Å². The van der Waals surface area contributed by atoms with Crippen molar-refractivity contribution in [3.8, 4) is 0 Å². The summed E-state index contributed by atoms with van der Waals surface area (Å²) in [6, 6.07) is 6.01. The van der Waals surface area contributed by atoms with E-state index in [9.17, 15) is 9.18 Å². The predicted octanol–water partition coefficient (Wildman–Crippen LogP) is 2.22. The van der Waals surface area contributed by atoms with Crippen LogP contribution >= 0.6 is 0 Å². The van der Waals surface area contributed by atoms with Crippen LogP contribution in [0.4, 0.5) is 10.1 Å². The van der Waals surface area contributed by atoms with Crippen molar-refractivity contribution in [3.05, 3.63) is 30.1 Å². The maximum Gasteiger partial charge on any atom is 0.232 e. The van der Waals surface area contributed by atoms with Gasteiger partial charge in [0.05, 0.1) is 12.5 Å². The van der Waals surface area contributed by atoms with Crippen molar-refractivity contribution >= 4 is 11.6 Å². The number of rotatable bonds is 3. The largest absolute Gasteiger partial charge is 0.381 e. The van der Waals surface area contributed by atoms with Crippen molar-refractivity contribution < 1.29 is 13.9 Å². The predicted molar refractivity (Wildman–Crippen MR) is 63.4 cm³/mol. The summed E-state index contributed by atoms with van der Waals surface area (Å²) in [5, 5.41) is 0. The van der Waals surface area contributed by atoms with Crippen LogP contribution in [-0.2, 0) is 9.53 Å². The van der Waals surface area contributed by atoms with Crippen LogP contribution in [0.5, 0.6) is 0 Å². The number of nitrogens with zero attached hydrogens (tertiary/aromatic N) is 1. The summed E-state index contributed by atoms with van der Waals surface area (Å²) >= 11 is 0. The smallest absolute Gasteiger partial charge is 0.232 e. The summed E-state index contributed by atoms with van der Waals surface area (Å²) in [7, 11) is 0. The van der Waals surface area contributed by atoms with Crippen molar-refractivity contribution in [1.82, 2.24) is 0 Å². The van der Waals surface area contributed by atoms with Gasteiger partial charge in [-0.25, -0.2) is 4.39 Å². The third-order valence-electron chi connectivity index (χ3n) is 3.00. The molecule has 1 aliphatic rings. The lowest BCUT2D eigenvalue weighted by molar-refractivity contribution is -0.122. The monoisotopic (exact) mass is 237 g/mol. The van der Waals surface area contributed by atoms with Gasteiger partial charge < -0.3 is 9.64 Å². The second-order valence-corrected chi connectivity index (χ2v) is 4.12. The Morgan fingerprint density at radius 2 is 2.18 bits per heavy atom. The highest BCUT2D eigenvalue weighted by Crippen LogP contribution is 2.21. The SMILES string of the molecule is CCN(C(=O)C1CCOC1)c1ccc(F)cc1. The quantitative estimate of drug-likeness (QED) is 0.806. The lowest BCUT2D eigenvalue weighted by atomic mass is 10.1. The van der Waals surface area contributed by atoms with E-state index in [0.29, 0.717) is 19.8 Å². The maximum absolute atomic E-state index is 12.8. The molecule has 3 nitrogen and oxygen atoms in total. The average Bonchev–Trinajstić information content (AvgIpc) is 2.86. The highest BCUT2D eigenvalue weighted by molar-refractivity contribution is 5.95. The second-order valence-electron chi connectivity index (χ2n) is 4.12. The fourth-order valence-corrected chi connectivity index (χ4v) is 2.04. The molecule has 2 rings (SSSR count). The van der Waals surface area contributed by atoms with Crippen molar-refractivity contribution in [2.75, 3.05) is 24.7 Å². The average molecular weight is 237 g/mol. The van der Waals surface area contributed by atoms with E-state index >= 15 is 0 Å². The van der Waals surface area contributed by atoms with E-state index < -0.39 is 0 Å². The lowest BCUT2D eigenvalue weighted by Crippen LogP contribution is -2.36. The van der Waals surface area contributed by atoms with Gasteiger partial charge in [-0.1, -0.05) is 0 Å². The van der Waals surface area contributed by atoms with Gasteiger partial charge >= 0.3 is 0 Å². The summed E-state index contributed by atoms with van der Waals surface area (Å²) in [6.07, 6.45) is 0.774. The normalized spacial score (nSPS) is 19.3. The Hall–Kier alpha value is -1.42. The first-order valence-electron chi connectivity index (χ1n) is 5.87. The molecule has 0 spiro atoms. The van der Waals surface area contributed by atoms with Crippen LogP contribution in [0.2, 0.25) is 0 Å². The summed E-state index contributed by atoms with van der Waals surface area (Å²) in [4.78, 5) is 13.9.